The lowest BCUT2D eigenvalue weighted by Crippen LogP contribution is -2.42. The number of ether oxygens (including phenoxy) is 2. The van der Waals surface area contributed by atoms with Gasteiger partial charge in [0.15, 0.2) is 5.11 Å². The molecule has 3 rings (SSSR count). The van der Waals surface area contributed by atoms with E-state index < -0.39 is 0 Å². The minimum absolute atomic E-state index is 0.240. The normalized spacial score (nSPS) is 20.4. The second-order valence-corrected chi connectivity index (χ2v) is 7.68. The second kappa shape index (κ2) is 7.80. The molecule has 0 aromatic carbocycles. The van der Waals surface area contributed by atoms with Gasteiger partial charge in [-0.3, -0.25) is 0 Å². The van der Waals surface area contributed by atoms with Crippen molar-refractivity contribution in [2.45, 2.75) is 39.0 Å². The standard InChI is InChI=1S/C17H24N2O3S2/c1-3-22-16(20)14-13-11(2)5-4-6-12(13)24-15(14)18-17(23)19-7-9-21-10-8-19/h11H,3-10H2,1-2H3,(H,18,23)/t11-/m1/s1. The van der Waals surface area contributed by atoms with E-state index in [9.17, 15) is 4.79 Å². The van der Waals surface area contributed by atoms with Gasteiger partial charge in [0.25, 0.3) is 0 Å². The van der Waals surface area contributed by atoms with E-state index in [1.807, 2.05) is 6.92 Å². The molecule has 2 heterocycles. The summed E-state index contributed by atoms with van der Waals surface area (Å²) in [5.41, 5.74) is 1.86. The zero-order valence-electron chi connectivity index (χ0n) is 14.2. The van der Waals surface area contributed by atoms with Crippen LogP contribution in [0.4, 0.5) is 5.00 Å². The van der Waals surface area contributed by atoms with Crippen LogP contribution in [0.1, 0.15) is 53.4 Å². The summed E-state index contributed by atoms with van der Waals surface area (Å²) >= 11 is 7.21. The Bertz CT molecular complexity index is 624. The number of carbonyl (C=O) groups excluding carboxylic acids is 1. The van der Waals surface area contributed by atoms with Crippen molar-refractivity contribution in [3.63, 3.8) is 0 Å². The van der Waals surface area contributed by atoms with Crippen molar-refractivity contribution in [2.24, 2.45) is 0 Å². The molecule has 24 heavy (non-hydrogen) atoms. The number of aryl methyl sites for hydroxylation is 1. The fourth-order valence-corrected chi connectivity index (χ4v) is 5.05. The van der Waals surface area contributed by atoms with Crippen LogP contribution in [-0.2, 0) is 15.9 Å². The number of anilines is 1. The van der Waals surface area contributed by atoms with Gasteiger partial charge >= 0.3 is 5.97 Å². The summed E-state index contributed by atoms with van der Waals surface area (Å²) in [5.74, 6) is 0.146. The fraction of sp³-hybridized carbons (Fsp3) is 0.647. The number of hydrogen-bond donors (Lipinski definition) is 1. The molecule has 0 radical (unpaired) electrons. The SMILES string of the molecule is CCOC(=O)c1c(NC(=S)N2CCOCC2)sc2c1[C@H](C)CCC2. The van der Waals surface area contributed by atoms with E-state index in [0.29, 0.717) is 36.4 Å². The summed E-state index contributed by atoms with van der Waals surface area (Å²) in [6.45, 7) is 7.34. The van der Waals surface area contributed by atoms with Crippen molar-refractivity contribution in [2.75, 3.05) is 38.2 Å². The van der Waals surface area contributed by atoms with Crippen LogP contribution in [0.2, 0.25) is 0 Å². The second-order valence-electron chi connectivity index (χ2n) is 6.19. The van der Waals surface area contributed by atoms with Crippen molar-refractivity contribution in [3.05, 3.63) is 16.0 Å². The van der Waals surface area contributed by atoms with Gasteiger partial charge in [0, 0.05) is 18.0 Å². The predicted molar refractivity (Wildman–Crippen MR) is 100 cm³/mol. The van der Waals surface area contributed by atoms with E-state index in [1.165, 1.54) is 11.3 Å². The van der Waals surface area contributed by atoms with Gasteiger partial charge in [-0.25, -0.2) is 4.79 Å². The summed E-state index contributed by atoms with van der Waals surface area (Å²) in [5, 5.41) is 4.82. The van der Waals surface area contributed by atoms with Gasteiger partial charge in [-0.1, -0.05) is 6.92 Å². The molecular weight excluding hydrogens is 344 g/mol. The number of hydrogen-bond acceptors (Lipinski definition) is 5. The summed E-state index contributed by atoms with van der Waals surface area (Å²) in [6.07, 6.45) is 3.32. The number of nitrogens with zero attached hydrogens (tertiary/aromatic N) is 1. The Morgan fingerprint density at radius 3 is 2.92 bits per heavy atom. The van der Waals surface area contributed by atoms with E-state index in [2.05, 4.69) is 17.1 Å². The molecule has 7 heteroatoms. The first kappa shape index (κ1) is 17.6. The van der Waals surface area contributed by atoms with Gasteiger partial charge in [0.05, 0.1) is 25.4 Å². The van der Waals surface area contributed by atoms with Gasteiger partial charge in [-0.05, 0) is 49.9 Å². The van der Waals surface area contributed by atoms with Crippen LogP contribution in [0.15, 0.2) is 0 Å². The Kier molecular flexibility index (Phi) is 5.73. The molecule has 0 spiro atoms. The highest BCUT2D eigenvalue weighted by molar-refractivity contribution is 7.80. The summed E-state index contributed by atoms with van der Waals surface area (Å²) < 4.78 is 10.7. The molecule has 132 valence electrons. The molecule has 1 aliphatic heterocycles. The van der Waals surface area contributed by atoms with Gasteiger partial charge in [-0.15, -0.1) is 11.3 Å². The molecule has 0 unspecified atom stereocenters. The third-order valence-corrected chi connectivity index (χ3v) is 6.10. The van der Waals surface area contributed by atoms with Gasteiger partial charge in [0.2, 0.25) is 0 Å². The monoisotopic (exact) mass is 368 g/mol. The Labute approximate surface area is 152 Å². The first-order valence-corrected chi connectivity index (χ1v) is 9.80. The number of thiophene rings is 1. The quantitative estimate of drug-likeness (QED) is 0.652. The maximum atomic E-state index is 12.6. The first-order valence-electron chi connectivity index (χ1n) is 8.58. The average molecular weight is 369 g/mol. The molecule has 1 fully saturated rings. The Morgan fingerprint density at radius 1 is 1.46 bits per heavy atom. The highest BCUT2D eigenvalue weighted by Gasteiger charge is 2.31. The Balaban J connectivity index is 1.88. The highest BCUT2D eigenvalue weighted by Crippen LogP contribution is 2.43. The summed E-state index contributed by atoms with van der Waals surface area (Å²) in [6, 6.07) is 0. The molecule has 1 aliphatic carbocycles. The summed E-state index contributed by atoms with van der Waals surface area (Å²) in [4.78, 5) is 16.0. The molecule has 1 aromatic heterocycles. The maximum absolute atomic E-state index is 12.6. The lowest BCUT2D eigenvalue weighted by atomic mass is 9.86. The summed E-state index contributed by atoms with van der Waals surface area (Å²) in [7, 11) is 0. The minimum atomic E-state index is -0.240. The number of thiocarbonyl (C=S) groups is 1. The molecule has 0 bridgehead atoms. The average Bonchev–Trinajstić information content (AvgIpc) is 2.95. The van der Waals surface area contributed by atoms with E-state index in [0.717, 1.165) is 36.5 Å². The zero-order valence-corrected chi connectivity index (χ0v) is 15.9. The molecule has 1 saturated heterocycles. The lowest BCUT2D eigenvalue weighted by Gasteiger charge is -2.29. The van der Waals surface area contributed by atoms with E-state index >= 15 is 0 Å². The van der Waals surface area contributed by atoms with Crippen molar-refractivity contribution < 1.29 is 14.3 Å². The topological polar surface area (TPSA) is 50.8 Å². The lowest BCUT2D eigenvalue weighted by molar-refractivity contribution is 0.0526. The van der Waals surface area contributed by atoms with Gasteiger partial charge < -0.3 is 19.7 Å². The molecular formula is C17H24N2O3S2. The number of nitrogens with one attached hydrogen (secondary N) is 1. The van der Waals surface area contributed by atoms with Crippen molar-refractivity contribution >= 4 is 39.6 Å². The molecule has 1 N–H and O–H groups in total. The zero-order chi connectivity index (χ0) is 17.1. The van der Waals surface area contributed by atoms with Crippen LogP contribution in [0.3, 0.4) is 0 Å². The smallest absolute Gasteiger partial charge is 0.341 e. The van der Waals surface area contributed by atoms with E-state index in [1.54, 1.807) is 11.3 Å². The number of carbonyl (C=O) groups is 1. The fourth-order valence-electron chi connectivity index (χ4n) is 3.35. The number of fused-ring (bicyclic) bond motifs is 1. The van der Waals surface area contributed by atoms with Crippen LogP contribution < -0.4 is 5.32 Å². The van der Waals surface area contributed by atoms with Crippen LogP contribution in [0, 0.1) is 0 Å². The third-order valence-electron chi connectivity index (χ3n) is 4.55. The Morgan fingerprint density at radius 2 is 2.21 bits per heavy atom. The number of esters is 1. The molecule has 1 aromatic rings. The van der Waals surface area contributed by atoms with Crippen LogP contribution in [0.5, 0.6) is 0 Å². The third kappa shape index (κ3) is 3.58. The minimum Gasteiger partial charge on any atom is -0.462 e. The van der Waals surface area contributed by atoms with Crippen LogP contribution >= 0.6 is 23.6 Å². The molecule has 1 atom stereocenters. The van der Waals surface area contributed by atoms with Crippen molar-refractivity contribution in [1.82, 2.24) is 4.90 Å². The Hall–Kier alpha value is -1.18. The van der Waals surface area contributed by atoms with Crippen LogP contribution in [0.25, 0.3) is 0 Å². The molecule has 2 aliphatic rings. The van der Waals surface area contributed by atoms with E-state index in [4.69, 9.17) is 21.7 Å². The predicted octanol–water partition coefficient (Wildman–Crippen LogP) is 3.39. The first-order chi connectivity index (χ1) is 11.6. The van der Waals surface area contributed by atoms with E-state index in [-0.39, 0.29) is 5.97 Å². The highest BCUT2D eigenvalue weighted by atomic mass is 32.1. The molecule has 5 nitrogen and oxygen atoms in total. The maximum Gasteiger partial charge on any atom is 0.341 e. The van der Waals surface area contributed by atoms with Gasteiger partial charge in [-0.2, -0.15) is 0 Å². The number of morpholine rings is 1. The van der Waals surface area contributed by atoms with Crippen molar-refractivity contribution in [3.8, 4) is 0 Å². The van der Waals surface area contributed by atoms with Crippen LogP contribution in [-0.4, -0.2) is 48.9 Å². The van der Waals surface area contributed by atoms with Crippen molar-refractivity contribution in [1.29, 1.82) is 0 Å². The largest absolute Gasteiger partial charge is 0.462 e. The molecule has 0 saturated carbocycles. The molecule has 0 amide bonds. The number of rotatable bonds is 3. The van der Waals surface area contributed by atoms with Gasteiger partial charge in [0.1, 0.15) is 5.00 Å².